The van der Waals surface area contributed by atoms with Crippen LogP contribution in [0.3, 0.4) is 0 Å². The van der Waals surface area contributed by atoms with Gasteiger partial charge in [-0.05, 0) is 76.6 Å². The highest BCUT2D eigenvalue weighted by atomic mass is 16.5. The van der Waals surface area contributed by atoms with Gasteiger partial charge < -0.3 is 19.5 Å². The van der Waals surface area contributed by atoms with E-state index in [9.17, 15) is 4.79 Å². The van der Waals surface area contributed by atoms with Gasteiger partial charge in [-0.25, -0.2) is 0 Å². The van der Waals surface area contributed by atoms with Crippen molar-refractivity contribution in [3.05, 3.63) is 23.8 Å². The third-order valence-corrected chi connectivity index (χ3v) is 5.28. The molecule has 1 fully saturated rings. The van der Waals surface area contributed by atoms with Crippen molar-refractivity contribution in [3.8, 4) is 11.5 Å². The van der Waals surface area contributed by atoms with E-state index in [0.717, 1.165) is 30.2 Å². The van der Waals surface area contributed by atoms with E-state index in [0.29, 0.717) is 25.2 Å². The van der Waals surface area contributed by atoms with Gasteiger partial charge >= 0.3 is 0 Å². The first-order valence-electron chi connectivity index (χ1n) is 10.3. The maximum Gasteiger partial charge on any atom is 0.169 e. The lowest BCUT2D eigenvalue weighted by Crippen LogP contribution is -2.34. The van der Waals surface area contributed by atoms with Crippen molar-refractivity contribution >= 4 is 5.78 Å². The van der Waals surface area contributed by atoms with E-state index in [2.05, 4.69) is 11.8 Å². The van der Waals surface area contributed by atoms with Crippen molar-refractivity contribution in [2.45, 2.75) is 59.0 Å². The van der Waals surface area contributed by atoms with Crippen LogP contribution < -0.4 is 9.47 Å². The van der Waals surface area contributed by atoms with E-state index in [1.807, 2.05) is 18.2 Å². The van der Waals surface area contributed by atoms with E-state index < -0.39 is 6.10 Å². The highest BCUT2D eigenvalue weighted by Crippen LogP contribution is 2.27. The van der Waals surface area contributed by atoms with Gasteiger partial charge in [-0.15, -0.1) is 0 Å². The molecule has 1 unspecified atom stereocenters. The summed E-state index contributed by atoms with van der Waals surface area (Å²) in [5, 5.41) is 9.08. The summed E-state index contributed by atoms with van der Waals surface area (Å²) in [6, 6.07) is 5.79. The molecule has 0 aliphatic carbocycles. The molecule has 5 nitrogen and oxygen atoms in total. The summed E-state index contributed by atoms with van der Waals surface area (Å²) >= 11 is 0. The SMILES string of the molecule is CC(=O)C(C)Oc1cc(OCCCN2CCC(C)CC2)ccc1CCCO. The van der Waals surface area contributed by atoms with Crippen LogP contribution in [-0.4, -0.2) is 54.7 Å². The minimum Gasteiger partial charge on any atom is -0.493 e. The number of carbonyl (C=O) groups is 1. The lowest BCUT2D eigenvalue weighted by molar-refractivity contribution is -0.122. The molecule has 0 spiro atoms. The van der Waals surface area contributed by atoms with Crippen molar-refractivity contribution < 1.29 is 19.4 Å². The van der Waals surface area contributed by atoms with Gasteiger partial charge in [-0.3, -0.25) is 4.79 Å². The molecule has 1 heterocycles. The fraction of sp³-hybridized carbons (Fsp3) is 0.682. The Morgan fingerprint density at radius 2 is 2.04 bits per heavy atom. The zero-order valence-corrected chi connectivity index (χ0v) is 17.1. The second-order valence-electron chi connectivity index (χ2n) is 7.69. The summed E-state index contributed by atoms with van der Waals surface area (Å²) in [6.07, 6.45) is 4.48. The first-order valence-corrected chi connectivity index (χ1v) is 10.3. The van der Waals surface area contributed by atoms with Crippen LogP contribution in [0.25, 0.3) is 0 Å². The Hall–Kier alpha value is -1.59. The summed E-state index contributed by atoms with van der Waals surface area (Å²) in [4.78, 5) is 14.1. The maximum atomic E-state index is 11.5. The Morgan fingerprint density at radius 1 is 1.30 bits per heavy atom. The van der Waals surface area contributed by atoms with Gasteiger partial charge in [0.1, 0.15) is 11.5 Å². The average molecular weight is 378 g/mol. The highest BCUT2D eigenvalue weighted by Gasteiger charge is 2.15. The van der Waals surface area contributed by atoms with Crippen molar-refractivity contribution in [3.63, 3.8) is 0 Å². The minimum absolute atomic E-state index is 0.00900. The van der Waals surface area contributed by atoms with Gasteiger partial charge in [-0.2, -0.15) is 0 Å². The van der Waals surface area contributed by atoms with E-state index in [4.69, 9.17) is 14.6 Å². The molecule has 0 aromatic heterocycles. The van der Waals surface area contributed by atoms with Crippen LogP contribution in [0, 0.1) is 5.92 Å². The van der Waals surface area contributed by atoms with Gasteiger partial charge in [0.15, 0.2) is 11.9 Å². The monoisotopic (exact) mass is 377 g/mol. The summed E-state index contributed by atoms with van der Waals surface area (Å²) < 4.78 is 11.8. The zero-order chi connectivity index (χ0) is 19.6. The van der Waals surface area contributed by atoms with Crippen molar-refractivity contribution in [1.82, 2.24) is 4.90 Å². The maximum absolute atomic E-state index is 11.5. The van der Waals surface area contributed by atoms with E-state index >= 15 is 0 Å². The fourth-order valence-corrected chi connectivity index (χ4v) is 3.25. The number of piperidine rings is 1. The minimum atomic E-state index is -0.491. The molecule has 1 saturated heterocycles. The van der Waals surface area contributed by atoms with E-state index in [-0.39, 0.29) is 12.4 Å². The molecule has 1 aliphatic heterocycles. The van der Waals surface area contributed by atoms with Crippen molar-refractivity contribution in [1.29, 1.82) is 0 Å². The van der Waals surface area contributed by atoms with Crippen LogP contribution in [0.4, 0.5) is 0 Å². The van der Waals surface area contributed by atoms with Crippen LogP contribution in [-0.2, 0) is 11.2 Å². The largest absolute Gasteiger partial charge is 0.493 e. The van der Waals surface area contributed by atoms with Crippen LogP contribution in [0.5, 0.6) is 11.5 Å². The van der Waals surface area contributed by atoms with Crippen LogP contribution >= 0.6 is 0 Å². The van der Waals surface area contributed by atoms with Gasteiger partial charge in [0.05, 0.1) is 6.61 Å². The molecule has 1 N–H and O–H groups in total. The first-order chi connectivity index (χ1) is 13.0. The lowest BCUT2D eigenvalue weighted by atomic mass is 9.99. The number of hydrogen-bond acceptors (Lipinski definition) is 5. The number of carbonyl (C=O) groups excluding carboxylic acids is 1. The molecular formula is C22H35NO4. The molecule has 0 bridgehead atoms. The number of likely N-dealkylation sites (tertiary alicyclic amines) is 1. The Bertz CT molecular complexity index is 582. The molecule has 152 valence electrons. The quantitative estimate of drug-likeness (QED) is 0.599. The Labute approximate surface area is 163 Å². The van der Waals surface area contributed by atoms with E-state index in [1.54, 1.807) is 6.92 Å². The molecule has 1 aliphatic rings. The number of aliphatic hydroxyl groups excluding tert-OH is 1. The Balaban J connectivity index is 1.87. The number of benzene rings is 1. The highest BCUT2D eigenvalue weighted by molar-refractivity contribution is 5.80. The van der Waals surface area contributed by atoms with Crippen LogP contribution in [0.2, 0.25) is 0 Å². The number of Topliss-reactive ketones (excluding diaryl/α,β-unsaturated/α-hetero) is 1. The number of ketones is 1. The molecule has 1 atom stereocenters. The summed E-state index contributed by atoms with van der Waals surface area (Å²) in [7, 11) is 0. The molecule has 1 aromatic rings. The third kappa shape index (κ3) is 7.51. The number of aliphatic hydroxyl groups is 1. The molecular weight excluding hydrogens is 342 g/mol. The topological polar surface area (TPSA) is 59.0 Å². The van der Waals surface area contributed by atoms with Gasteiger partial charge in [0.2, 0.25) is 0 Å². The second-order valence-corrected chi connectivity index (χ2v) is 7.69. The molecule has 27 heavy (non-hydrogen) atoms. The Kier molecular flexibility index (Phi) is 9.08. The summed E-state index contributed by atoms with van der Waals surface area (Å²) in [5.74, 6) is 2.29. The van der Waals surface area contributed by atoms with Crippen LogP contribution in [0.1, 0.15) is 52.0 Å². The zero-order valence-electron chi connectivity index (χ0n) is 17.1. The number of ether oxygens (including phenoxy) is 2. The number of rotatable bonds is 11. The molecule has 5 heteroatoms. The van der Waals surface area contributed by atoms with Crippen molar-refractivity contribution in [2.24, 2.45) is 5.92 Å². The molecule has 0 radical (unpaired) electrons. The van der Waals surface area contributed by atoms with E-state index in [1.165, 1.54) is 32.9 Å². The smallest absolute Gasteiger partial charge is 0.169 e. The number of aryl methyl sites for hydroxylation is 1. The summed E-state index contributed by atoms with van der Waals surface area (Å²) in [6.45, 7) is 9.89. The number of nitrogens with zero attached hydrogens (tertiary/aromatic N) is 1. The predicted molar refractivity (Wildman–Crippen MR) is 108 cm³/mol. The molecule has 2 rings (SSSR count). The Morgan fingerprint density at radius 3 is 2.70 bits per heavy atom. The summed E-state index contributed by atoms with van der Waals surface area (Å²) in [5.41, 5.74) is 0.993. The van der Waals surface area contributed by atoms with Gasteiger partial charge in [0.25, 0.3) is 0 Å². The van der Waals surface area contributed by atoms with Crippen molar-refractivity contribution in [2.75, 3.05) is 32.8 Å². The predicted octanol–water partition coefficient (Wildman–Crippen LogP) is 3.47. The standard InChI is InChI=1S/C22H35NO4/c1-17-9-12-23(13-10-17)11-5-15-26-21-8-7-20(6-4-14-24)22(16-21)27-19(3)18(2)25/h7-8,16-17,19,24H,4-6,9-15H2,1-3H3. The van der Waals surface area contributed by atoms with Crippen LogP contribution in [0.15, 0.2) is 18.2 Å². The molecule has 1 aromatic carbocycles. The van der Waals surface area contributed by atoms with Gasteiger partial charge in [0, 0.05) is 19.2 Å². The fourth-order valence-electron chi connectivity index (χ4n) is 3.25. The first kappa shape index (κ1) is 21.7. The molecule has 0 amide bonds. The van der Waals surface area contributed by atoms with Gasteiger partial charge in [-0.1, -0.05) is 13.0 Å². The lowest BCUT2D eigenvalue weighted by Gasteiger charge is -2.30. The average Bonchev–Trinajstić information content (AvgIpc) is 2.66. The number of hydrogen-bond donors (Lipinski definition) is 1. The molecule has 0 saturated carbocycles. The normalized spacial score (nSPS) is 16.9. The third-order valence-electron chi connectivity index (χ3n) is 5.28. The second kappa shape index (κ2) is 11.3.